The highest BCUT2D eigenvalue weighted by molar-refractivity contribution is 6.30. The maximum Gasteiger partial charge on any atom is 0.152 e. The molecule has 0 amide bonds. The van der Waals surface area contributed by atoms with Crippen molar-refractivity contribution in [1.82, 2.24) is 0 Å². The number of anilines is 1. The first-order valence-corrected chi connectivity index (χ1v) is 7.99. The molecule has 1 heterocycles. The summed E-state index contributed by atoms with van der Waals surface area (Å²) in [6.07, 6.45) is 2.56. The summed E-state index contributed by atoms with van der Waals surface area (Å²) in [6.45, 7) is 1.47. The topological polar surface area (TPSA) is 49.8 Å². The number of carbonyl (C=O) groups excluding carboxylic acids is 1. The largest absolute Gasteiger partial charge is 0.506 e. The average molecular weight is 332 g/mol. The van der Waals surface area contributed by atoms with E-state index in [2.05, 4.69) is 0 Å². The fourth-order valence-electron chi connectivity index (χ4n) is 2.89. The van der Waals surface area contributed by atoms with Crippen LogP contribution in [-0.2, 0) is 0 Å². The molecule has 23 heavy (non-hydrogen) atoms. The van der Waals surface area contributed by atoms with Gasteiger partial charge in [-0.15, -0.1) is 0 Å². The molecule has 1 saturated heterocycles. The van der Waals surface area contributed by atoms with E-state index < -0.39 is 0 Å². The zero-order valence-corrected chi connectivity index (χ0v) is 13.4. The Morgan fingerprint density at radius 1 is 1.13 bits per heavy atom. The van der Waals surface area contributed by atoms with Crippen LogP contribution in [0.1, 0.15) is 23.2 Å². The van der Waals surface area contributed by atoms with Crippen LogP contribution in [0.15, 0.2) is 42.5 Å². The number of aromatic hydroxyl groups is 1. The minimum Gasteiger partial charge on any atom is -0.506 e. The molecule has 1 aliphatic rings. The van der Waals surface area contributed by atoms with Crippen molar-refractivity contribution in [3.63, 3.8) is 0 Å². The SMILES string of the molecule is O=Cc1cccc(O)c1N1CCC(Oc2ccc(Cl)cc2)CC1. The fourth-order valence-corrected chi connectivity index (χ4v) is 3.02. The van der Waals surface area contributed by atoms with Crippen LogP contribution in [0.25, 0.3) is 0 Å². The van der Waals surface area contributed by atoms with Crippen molar-refractivity contribution < 1.29 is 14.6 Å². The van der Waals surface area contributed by atoms with Gasteiger partial charge in [0.05, 0.1) is 5.69 Å². The van der Waals surface area contributed by atoms with Gasteiger partial charge >= 0.3 is 0 Å². The van der Waals surface area contributed by atoms with E-state index in [0.717, 1.165) is 38.0 Å². The molecule has 0 unspecified atom stereocenters. The number of aldehydes is 1. The summed E-state index contributed by atoms with van der Waals surface area (Å²) in [5, 5.41) is 10.7. The van der Waals surface area contributed by atoms with Gasteiger partial charge in [-0.1, -0.05) is 17.7 Å². The van der Waals surface area contributed by atoms with E-state index in [4.69, 9.17) is 16.3 Å². The number of phenolic OH excluding ortho intramolecular Hbond substituents is 1. The van der Waals surface area contributed by atoms with Gasteiger partial charge in [0.15, 0.2) is 6.29 Å². The first-order chi connectivity index (χ1) is 11.2. The second-order valence-electron chi connectivity index (χ2n) is 5.59. The molecule has 2 aromatic rings. The second kappa shape index (κ2) is 6.92. The smallest absolute Gasteiger partial charge is 0.152 e. The Kier molecular flexibility index (Phi) is 4.72. The summed E-state index contributed by atoms with van der Waals surface area (Å²) in [5.74, 6) is 0.954. The van der Waals surface area contributed by atoms with E-state index in [0.29, 0.717) is 16.3 Å². The third-order valence-electron chi connectivity index (χ3n) is 4.05. The third kappa shape index (κ3) is 3.59. The number of para-hydroxylation sites is 1. The Morgan fingerprint density at radius 2 is 1.83 bits per heavy atom. The highest BCUT2D eigenvalue weighted by Crippen LogP contribution is 2.33. The molecule has 1 N–H and O–H groups in total. The normalized spacial score (nSPS) is 15.4. The Hall–Kier alpha value is -2.20. The lowest BCUT2D eigenvalue weighted by Crippen LogP contribution is -2.38. The van der Waals surface area contributed by atoms with Crippen molar-refractivity contribution in [3.8, 4) is 11.5 Å². The second-order valence-corrected chi connectivity index (χ2v) is 6.03. The molecule has 2 aromatic carbocycles. The predicted octanol–water partition coefficient (Wildman–Crippen LogP) is 3.91. The molecule has 3 rings (SSSR count). The van der Waals surface area contributed by atoms with Gasteiger partial charge < -0.3 is 14.7 Å². The van der Waals surface area contributed by atoms with Crippen molar-refractivity contribution in [2.75, 3.05) is 18.0 Å². The molecule has 0 spiro atoms. The van der Waals surface area contributed by atoms with Gasteiger partial charge in [0.1, 0.15) is 17.6 Å². The molecular formula is C18H18ClNO3. The van der Waals surface area contributed by atoms with Gasteiger partial charge in [0, 0.05) is 36.5 Å². The number of phenols is 1. The van der Waals surface area contributed by atoms with Crippen molar-refractivity contribution in [2.24, 2.45) is 0 Å². The van der Waals surface area contributed by atoms with E-state index >= 15 is 0 Å². The molecule has 5 heteroatoms. The van der Waals surface area contributed by atoms with Crippen molar-refractivity contribution in [2.45, 2.75) is 18.9 Å². The Labute approximate surface area is 140 Å². The Morgan fingerprint density at radius 3 is 2.48 bits per heavy atom. The number of benzene rings is 2. The summed E-state index contributed by atoms with van der Waals surface area (Å²) >= 11 is 5.87. The van der Waals surface area contributed by atoms with Crippen LogP contribution in [0.4, 0.5) is 5.69 Å². The molecule has 0 aromatic heterocycles. The minimum absolute atomic E-state index is 0.123. The van der Waals surface area contributed by atoms with Crippen LogP contribution in [0.5, 0.6) is 11.5 Å². The number of ether oxygens (including phenoxy) is 1. The van der Waals surface area contributed by atoms with Gasteiger partial charge in [0.2, 0.25) is 0 Å². The maximum atomic E-state index is 11.2. The number of nitrogens with zero attached hydrogens (tertiary/aromatic N) is 1. The van der Waals surface area contributed by atoms with E-state index in [-0.39, 0.29) is 11.9 Å². The number of halogens is 1. The zero-order chi connectivity index (χ0) is 16.2. The Bertz CT molecular complexity index is 679. The summed E-state index contributed by atoms with van der Waals surface area (Å²) in [6, 6.07) is 12.4. The molecule has 0 bridgehead atoms. The van der Waals surface area contributed by atoms with Gasteiger partial charge in [-0.2, -0.15) is 0 Å². The van der Waals surface area contributed by atoms with Crippen LogP contribution in [0.3, 0.4) is 0 Å². The van der Waals surface area contributed by atoms with Crippen molar-refractivity contribution >= 4 is 23.6 Å². The summed E-state index contributed by atoms with van der Waals surface area (Å²) < 4.78 is 5.96. The minimum atomic E-state index is 0.123. The molecule has 0 saturated carbocycles. The van der Waals surface area contributed by atoms with Crippen LogP contribution in [0, 0.1) is 0 Å². The van der Waals surface area contributed by atoms with E-state index in [1.807, 2.05) is 29.2 Å². The first-order valence-electron chi connectivity index (χ1n) is 7.61. The lowest BCUT2D eigenvalue weighted by molar-refractivity contribution is 0.112. The lowest BCUT2D eigenvalue weighted by Gasteiger charge is -2.34. The molecular weight excluding hydrogens is 314 g/mol. The highest BCUT2D eigenvalue weighted by atomic mass is 35.5. The van der Waals surface area contributed by atoms with Crippen molar-refractivity contribution in [1.29, 1.82) is 0 Å². The number of hydrogen-bond acceptors (Lipinski definition) is 4. The zero-order valence-electron chi connectivity index (χ0n) is 12.6. The Balaban J connectivity index is 1.65. The maximum absolute atomic E-state index is 11.2. The fraction of sp³-hybridized carbons (Fsp3) is 0.278. The first kappa shape index (κ1) is 15.7. The number of rotatable bonds is 4. The van der Waals surface area contributed by atoms with E-state index in [9.17, 15) is 9.90 Å². The van der Waals surface area contributed by atoms with Crippen molar-refractivity contribution in [3.05, 3.63) is 53.1 Å². The number of piperidine rings is 1. The van der Waals surface area contributed by atoms with Gasteiger partial charge in [-0.25, -0.2) is 0 Å². The van der Waals surface area contributed by atoms with Crippen LogP contribution in [0.2, 0.25) is 5.02 Å². The van der Waals surface area contributed by atoms with Gasteiger partial charge in [-0.3, -0.25) is 4.79 Å². The number of carbonyl (C=O) groups is 1. The lowest BCUT2D eigenvalue weighted by atomic mass is 10.0. The highest BCUT2D eigenvalue weighted by Gasteiger charge is 2.24. The summed E-state index contributed by atoms with van der Waals surface area (Å²) in [4.78, 5) is 13.2. The summed E-state index contributed by atoms with van der Waals surface area (Å²) in [5.41, 5.74) is 1.13. The number of hydrogen-bond donors (Lipinski definition) is 1. The molecule has 0 radical (unpaired) electrons. The quantitative estimate of drug-likeness (QED) is 0.863. The molecule has 1 aliphatic heterocycles. The van der Waals surface area contributed by atoms with Crippen LogP contribution in [-0.4, -0.2) is 30.6 Å². The monoisotopic (exact) mass is 331 g/mol. The summed E-state index contributed by atoms with van der Waals surface area (Å²) in [7, 11) is 0. The van der Waals surface area contributed by atoms with Crippen LogP contribution < -0.4 is 9.64 Å². The average Bonchev–Trinajstić information content (AvgIpc) is 2.57. The molecule has 1 fully saturated rings. The van der Waals surface area contributed by atoms with Gasteiger partial charge in [-0.05, 0) is 36.4 Å². The van der Waals surface area contributed by atoms with E-state index in [1.54, 1.807) is 18.2 Å². The molecule has 4 nitrogen and oxygen atoms in total. The molecule has 0 atom stereocenters. The standard InChI is InChI=1S/C18H18ClNO3/c19-14-4-6-15(7-5-14)23-16-8-10-20(11-9-16)18-13(12-21)2-1-3-17(18)22/h1-7,12,16,22H,8-11H2. The molecule has 120 valence electrons. The third-order valence-corrected chi connectivity index (χ3v) is 4.30. The van der Waals surface area contributed by atoms with E-state index in [1.165, 1.54) is 0 Å². The van der Waals surface area contributed by atoms with Gasteiger partial charge in [0.25, 0.3) is 0 Å². The van der Waals surface area contributed by atoms with Crippen LogP contribution >= 0.6 is 11.6 Å². The molecule has 0 aliphatic carbocycles. The predicted molar refractivity (Wildman–Crippen MR) is 90.8 cm³/mol.